The Bertz CT molecular complexity index is 311. The summed E-state index contributed by atoms with van der Waals surface area (Å²) in [6.07, 6.45) is -0.655. The lowest BCUT2D eigenvalue weighted by atomic mass is 10.0. The molecule has 0 heterocycles. The van der Waals surface area contributed by atoms with Gasteiger partial charge in [-0.25, -0.2) is 0 Å². The van der Waals surface area contributed by atoms with Gasteiger partial charge in [-0.05, 0) is 30.2 Å². The number of ether oxygens (including phenoxy) is 1. The van der Waals surface area contributed by atoms with Crippen molar-refractivity contribution in [3.63, 3.8) is 0 Å². The molecule has 0 saturated carbocycles. The summed E-state index contributed by atoms with van der Waals surface area (Å²) in [6.45, 7) is 4.14. The number of aliphatic hydroxyl groups is 1. The van der Waals surface area contributed by atoms with Crippen LogP contribution in [0.3, 0.4) is 0 Å². The maximum absolute atomic E-state index is 9.73. The fourth-order valence-corrected chi connectivity index (χ4v) is 1.30. The van der Waals surface area contributed by atoms with Gasteiger partial charge in [0.05, 0.1) is 0 Å². The average Bonchev–Trinajstić information content (AvgIpc) is 2.26. The Morgan fingerprint density at radius 1 is 1.25 bits per heavy atom. The van der Waals surface area contributed by atoms with Gasteiger partial charge in [-0.1, -0.05) is 13.8 Å². The minimum Gasteiger partial charge on any atom is -0.491 e. The van der Waals surface area contributed by atoms with Crippen molar-refractivity contribution in [1.82, 2.24) is 0 Å². The van der Waals surface area contributed by atoms with Gasteiger partial charge in [0.1, 0.15) is 18.5 Å². The topological polar surface area (TPSA) is 81.5 Å². The van der Waals surface area contributed by atoms with Crippen molar-refractivity contribution >= 4 is 5.69 Å². The predicted octanol–water partition coefficient (Wildman–Crippen LogP) is 0.992. The van der Waals surface area contributed by atoms with E-state index in [-0.39, 0.29) is 18.6 Å². The van der Waals surface area contributed by atoms with Crippen molar-refractivity contribution < 1.29 is 9.84 Å². The van der Waals surface area contributed by atoms with E-state index in [1.165, 1.54) is 0 Å². The molecule has 0 aliphatic carbocycles. The average molecular weight is 224 g/mol. The van der Waals surface area contributed by atoms with Gasteiger partial charge in [-0.3, -0.25) is 0 Å². The zero-order valence-electron chi connectivity index (χ0n) is 9.76. The maximum Gasteiger partial charge on any atom is 0.119 e. The third-order valence-electron chi connectivity index (χ3n) is 2.51. The fraction of sp³-hybridized carbons (Fsp3) is 0.500. The minimum absolute atomic E-state index is 0.198. The van der Waals surface area contributed by atoms with Crippen LogP contribution in [0.15, 0.2) is 24.3 Å². The summed E-state index contributed by atoms with van der Waals surface area (Å²) in [6, 6.07) is 6.77. The molecule has 90 valence electrons. The maximum atomic E-state index is 9.73. The van der Waals surface area contributed by atoms with Crippen LogP contribution in [-0.4, -0.2) is 23.9 Å². The molecule has 0 spiro atoms. The van der Waals surface area contributed by atoms with Gasteiger partial charge in [0, 0.05) is 11.7 Å². The summed E-state index contributed by atoms with van der Waals surface area (Å²) >= 11 is 0. The first-order valence-electron chi connectivity index (χ1n) is 5.42. The van der Waals surface area contributed by atoms with E-state index >= 15 is 0 Å². The Morgan fingerprint density at radius 3 is 2.31 bits per heavy atom. The van der Waals surface area contributed by atoms with E-state index < -0.39 is 6.10 Å². The standard InChI is InChI=1S/C12H20N2O2/c1-8(2)12(14)11(15)7-16-10-5-3-9(13)4-6-10/h3-6,8,11-12,15H,7,13-14H2,1-2H3. The highest BCUT2D eigenvalue weighted by Gasteiger charge is 2.18. The summed E-state index contributed by atoms with van der Waals surface area (Å²) < 4.78 is 5.41. The SMILES string of the molecule is CC(C)C(N)C(O)COc1ccc(N)cc1. The van der Waals surface area contributed by atoms with Crippen molar-refractivity contribution in [3.05, 3.63) is 24.3 Å². The number of anilines is 1. The third kappa shape index (κ3) is 3.72. The molecule has 0 aromatic heterocycles. The largest absolute Gasteiger partial charge is 0.491 e. The predicted molar refractivity (Wildman–Crippen MR) is 65.2 cm³/mol. The highest BCUT2D eigenvalue weighted by molar-refractivity contribution is 5.41. The first-order chi connectivity index (χ1) is 7.50. The molecule has 0 saturated heterocycles. The third-order valence-corrected chi connectivity index (χ3v) is 2.51. The van der Waals surface area contributed by atoms with Crippen LogP contribution >= 0.6 is 0 Å². The first kappa shape index (κ1) is 12.8. The molecule has 1 aromatic carbocycles. The smallest absolute Gasteiger partial charge is 0.119 e. The summed E-state index contributed by atoms with van der Waals surface area (Å²) in [5.41, 5.74) is 12.0. The normalized spacial score (nSPS) is 14.8. The van der Waals surface area contributed by atoms with E-state index in [1.54, 1.807) is 24.3 Å². The van der Waals surface area contributed by atoms with Gasteiger partial charge in [-0.2, -0.15) is 0 Å². The summed E-state index contributed by atoms with van der Waals surface area (Å²) in [5.74, 6) is 0.911. The van der Waals surface area contributed by atoms with Gasteiger partial charge in [0.25, 0.3) is 0 Å². The van der Waals surface area contributed by atoms with Crippen molar-refractivity contribution in [3.8, 4) is 5.75 Å². The number of rotatable bonds is 5. The Hall–Kier alpha value is -1.26. The van der Waals surface area contributed by atoms with E-state index in [4.69, 9.17) is 16.2 Å². The Labute approximate surface area is 96.2 Å². The molecule has 0 bridgehead atoms. The zero-order valence-corrected chi connectivity index (χ0v) is 9.76. The number of hydrogen-bond donors (Lipinski definition) is 3. The molecule has 0 amide bonds. The minimum atomic E-state index is -0.655. The number of nitrogen functional groups attached to an aromatic ring is 1. The summed E-state index contributed by atoms with van der Waals surface area (Å²) in [4.78, 5) is 0. The molecular weight excluding hydrogens is 204 g/mol. The molecule has 0 aliphatic rings. The molecule has 1 rings (SSSR count). The number of aliphatic hydroxyl groups excluding tert-OH is 1. The van der Waals surface area contributed by atoms with Crippen molar-refractivity contribution in [2.75, 3.05) is 12.3 Å². The lowest BCUT2D eigenvalue weighted by Crippen LogP contribution is -2.42. The molecule has 4 nitrogen and oxygen atoms in total. The van der Waals surface area contributed by atoms with Crippen LogP contribution in [0.5, 0.6) is 5.75 Å². The van der Waals surface area contributed by atoms with Gasteiger partial charge in [0.15, 0.2) is 0 Å². The highest BCUT2D eigenvalue weighted by atomic mass is 16.5. The Balaban J connectivity index is 2.42. The van der Waals surface area contributed by atoms with Crippen molar-refractivity contribution in [2.24, 2.45) is 11.7 Å². The van der Waals surface area contributed by atoms with Gasteiger partial charge >= 0.3 is 0 Å². The molecule has 5 N–H and O–H groups in total. The van der Waals surface area contributed by atoms with Gasteiger partial charge < -0.3 is 21.3 Å². The van der Waals surface area contributed by atoms with E-state index in [2.05, 4.69) is 0 Å². The van der Waals surface area contributed by atoms with Crippen LogP contribution < -0.4 is 16.2 Å². The van der Waals surface area contributed by atoms with E-state index in [9.17, 15) is 5.11 Å². The van der Waals surface area contributed by atoms with E-state index in [0.29, 0.717) is 11.4 Å². The number of benzene rings is 1. The second kappa shape index (κ2) is 5.72. The molecule has 0 fully saturated rings. The van der Waals surface area contributed by atoms with Gasteiger partial charge in [-0.15, -0.1) is 0 Å². The van der Waals surface area contributed by atoms with Crippen LogP contribution in [0.4, 0.5) is 5.69 Å². The fourth-order valence-electron chi connectivity index (χ4n) is 1.30. The van der Waals surface area contributed by atoms with Crippen molar-refractivity contribution in [2.45, 2.75) is 26.0 Å². The lowest BCUT2D eigenvalue weighted by Gasteiger charge is -2.22. The van der Waals surface area contributed by atoms with Crippen LogP contribution in [0.1, 0.15) is 13.8 Å². The molecule has 0 aliphatic heterocycles. The lowest BCUT2D eigenvalue weighted by molar-refractivity contribution is 0.0715. The Kier molecular flexibility index (Phi) is 4.58. The zero-order chi connectivity index (χ0) is 12.1. The van der Waals surface area contributed by atoms with Crippen LogP contribution in [0, 0.1) is 5.92 Å². The van der Waals surface area contributed by atoms with Crippen molar-refractivity contribution in [1.29, 1.82) is 0 Å². The number of hydrogen-bond acceptors (Lipinski definition) is 4. The second-order valence-corrected chi connectivity index (χ2v) is 4.27. The molecular formula is C12H20N2O2. The Morgan fingerprint density at radius 2 is 1.81 bits per heavy atom. The molecule has 16 heavy (non-hydrogen) atoms. The molecule has 1 aromatic rings. The quantitative estimate of drug-likeness (QED) is 0.651. The van der Waals surface area contributed by atoms with Crippen LogP contribution in [0.25, 0.3) is 0 Å². The summed E-state index contributed by atoms with van der Waals surface area (Å²) in [7, 11) is 0. The van der Waals surface area contributed by atoms with Gasteiger partial charge in [0.2, 0.25) is 0 Å². The second-order valence-electron chi connectivity index (χ2n) is 4.27. The van der Waals surface area contributed by atoms with Crippen LogP contribution in [-0.2, 0) is 0 Å². The van der Waals surface area contributed by atoms with E-state index in [0.717, 1.165) is 0 Å². The molecule has 2 unspecified atom stereocenters. The molecule has 4 heteroatoms. The number of nitrogens with two attached hydrogens (primary N) is 2. The molecule has 2 atom stereocenters. The summed E-state index contributed by atoms with van der Waals surface area (Å²) in [5, 5.41) is 9.73. The first-order valence-corrected chi connectivity index (χ1v) is 5.42. The molecule has 0 radical (unpaired) electrons. The van der Waals surface area contributed by atoms with Crippen LogP contribution in [0.2, 0.25) is 0 Å². The highest BCUT2D eigenvalue weighted by Crippen LogP contribution is 2.14. The van der Waals surface area contributed by atoms with E-state index in [1.807, 2.05) is 13.8 Å². The monoisotopic (exact) mass is 224 g/mol.